The highest BCUT2D eigenvalue weighted by molar-refractivity contribution is 6.17. The van der Waals surface area contributed by atoms with Crippen molar-refractivity contribution in [3.8, 4) is 0 Å². The molecular formula is C11H17ClFN3. The highest BCUT2D eigenvalue weighted by Crippen LogP contribution is 2.19. The Balaban J connectivity index is 2.96. The predicted molar refractivity (Wildman–Crippen MR) is 64.5 cm³/mol. The summed E-state index contributed by atoms with van der Waals surface area (Å²) in [5, 5.41) is 0. The van der Waals surface area contributed by atoms with Gasteiger partial charge in [0.2, 0.25) is 0 Å². The van der Waals surface area contributed by atoms with Gasteiger partial charge in [0.15, 0.2) is 11.6 Å². The van der Waals surface area contributed by atoms with Gasteiger partial charge in [-0.3, -0.25) is 0 Å². The lowest BCUT2D eigenvalue weighted by Gasteiger charge is -2.27. The van der Waals surface area contributed by atoms with E-state index in [4.69, 9.17) is 11.6 Å². The van der Waals surface area contributed by atoms with Crippen molar-refractivity contribution in [3.05, 3.63) is 17.8 Å². The second-order valence-corrected chi connectivity index (χ2v) is 4.30. The van der Waals surface area contributed by atoms with Crippen LogP contribution in [0.5, 0.6) is 0 Å². The quantitative estimate of drug-likeness (QED) is 0.747. The van der Waals surface area contributed by atoms with E-state index in [-0.39, 0.29) is 11.9 Å². The van der Waals surface area contributed by atoms with Gasteiger partial charge in [-0.05, 0) is 27.2 Å². The molecule has 0 N–H and O–H groups in total. The van der Waals surface area contributed by atoms with Crippen LogP contribution >= 0.6 is 11.6 Å². The van der Waals surface area contributed by atoms with Crippen molar-refractivity contribution in [1.82, 2.24) is 9.97 Å². The first-order valence-corrected chi connectivity index (χ1v) is 5.91. The average molecular weight is 246 g/mol. The van der Waals surface area contributed by atoms with Gasteiger partial charge in [-0.15, -0.1) is 11.6 Å². The molecule has 0 amide bonds. The van der Waals surface area contributed by atoms with Gasteiger partial charge in [0, 0.05) is 18.5 Å². The summed E-state index contributed by atoms with van der Waals surface area (Å²) >= 11 is 5.66. The van der Waals surface area contributed by atoms with Gasteiger partial charge in [0.1, 0.15) is 6.33 Å². The molecule has 1 aromatic rings. The standard InChI is InChI=1S/C11H17ClFN3/c1-8(2)16(6-4-5-12)11-10(13)9(3)14-7-15-11/h7-8H,4-6H2,1-3H3. The largest absolute Gasteiger partial charge is 0.352 e. The van der Waals surface area contributed by atoms with Gasteiger partial charge in [0.25, 0.3) is 0 Å². The average Bonchev–Trinajstić information content (AvgIpc) is 2.24. The number of halogens is 2. The zero-order valence-electron chi connectivity index (χ0n) is 9.87. The van der Waals surface area contributed by atoms with Gasteiger partial charge in [-0.25, -0.2) is 14.4 Å². The summed E-state index contributed by atoms with van der Waals surface area (Å²) in [4.78, 5) is 9.74. The molecule has 90 valence electrons. The molecule has 3 nitrogen and oxygen atoms in total. The van der Waals surface area contributed by atoms with E-state index in [2.05, 4.69) is 9.97 Å². The molecule has 1 aromatic heterocycles. The van der Waals surface area contributed by atoms with Crippen molar-refractivity contribution in [2.24, 2.45) is 0 Å². The first-order chi connectivity index (χ1) is 7.57. The van der Waals surface area contributed by atoms with Crippen molar-refractivity contribution in [2.45, 2.75) is 33.2 Å². The van der Waals surface area contributed by atoms with Crippen LogP contribution in [0.2, 0.25) is 0 Å². The zero-order chi connectivity index (χ0) is 12.1. The monoisotopic (exact) mass is 245 g/mol. The molecule has 0 unspecified atom stereocenters. The summed E-state index contributed by atoms with van der Waals surface area (Å²) in [6, 6.07) is 0.187. The number of aryl methyl sites for hydroxylation is 1. The molecule has 1 rings (SSSR count). The number of aromatic nitrogens is 2. The van der Waals surface area contributed by atoms with Crippen molar-refractivity contribution >= 4 is 17.4 Å². The smallest absolute Gasteiger partial charge is 0.186 e. The second-order valence-electron chi connectivity index (χ2n) is 3.93. The Bertz CT molecular complexity index is 344. The summed E-state index contributed by atoms with van der Waals surface area (Å²) in [6.07, 6.45) is 2.20. The molecule has 0 aromatic carbocycles. The molecule has 1 heterocycles. The molecule has 0 atom stereocenters. The third kappa shape index (κ3) is 3.04. The first-order valence-electron chi connectivity index (χ1n) is 5.37. The molecule has 0 aliphatic heterocycles. The van der Waals surface area contributed by atoms with Gasteiger partial charge >= 0.3 is 0 Å². The van der Waals surface area contributed by atoms with Crippen LogP contribution in [0.3, 0.4) is 0 Å². The molecule has 16 heavy (non-hydrogen) atoms. The van der Waals surface area contributed by atoms with E-state index in [0.717, 1.165) is 6.42 Å². The van der Waals surface area contributed by atoms with E-state index in [9.17, 15) is 4.39 Å². The maximum atomic E-state index is 13.8. The summed E-state index contributed by atoms with van der Waals surface area (Å²) in [5.74, 6) is 0.591. The number of rotatable bonds is 5. The summed E-state index contributed by atoms with van der Waals surface area (Å²) in [6.45, 7) is 6.35. The topological polar surface area (TPSA) is 29.0 Å². The molecule has 0 aliphatic rings. The fourth-order valence-corrected chi connectivity index (χ4v) is 1.60. The van der Waals surface area contributed by atoms with Crippen molar-refractivity contribution < 1.29 is 4.39 Å². The lowest BCUT2D eigenvalue weighted by molar-refractivity contribution is 0.572. The normalized spacial score (nSPS) is 10.9. The molecule has 0 aliphatic carbocycles. The summed E-state index contributed by atoms with van der Waals surface area (Å²) < 4.78 is 13.8. The molecule has 0 bridgehead atoms. The molecule has 0 spiro atoms. The summed E-state index contributed by atoms with van der Waals surface area (Å²) in [7, 11) is 0. The fourth-order valence-electron chi connectivity index (χ4n) is 1.48. The third-order valence-electron chi connectivity index (χ3n) is 2.37. The molecule has 0 radical (unpaired) electrons. The maximum Gasteiger partial charge on any atom is 0.186 e. The number of anilines is 1. The van der Waals surface area contributed by atoms with Crippen LogP contribution in [0, 0.1) is 12.7 Å². The van der Waals surface area contributed by atoms with E-state index in [0.29, 0.717) is 23.9 Å². The minimum atomic E-state index is -0.342. The second kappa shape index (κ2) is 5.99. The zero-order valence-corrected chi connectivity index (χ0v) is 10.6. The van der Waals surface area contributed by atoms with Gasteiger partial charge in [-0.1, -0.05) is 0 Å². The fraction of sp³-hybridized carbons (Fsp3) is 0.636. The number of hydrogen-bond donors (Lipinski definition) is 0. The van der Waals surface area contributed by atoms with Crippen LogP contribution in [0.4, 0.5) is 10.2 Å². The van der Waals surface area contributed by atoms with Gasteiger partial charge < -0.3 is 4.90 Å². The Hall–Kier alpha value is -0.900. The highest BCUT2D eigenvalue weighted by Gasteiger charge is 2.17. The Labute approximate surface area is 101 Å². The van der Waals surface area contributed by atoms with Crippen LogP contribution in [0.25, 0.3) is 0 Å². The molecule has 0 fully saturated rings. The van der Waals surface area contributed by atoms with Crippen LogP contribution in [-0.4, -0.2) is 28.4 Å². The molecule has 0 saturated heterocycles. The minimum Gasteiger partial charge on any atom is -0.352 e. The lowest BCUT2D eigenvalue weighted by atomic mass is 10.2. The maximum absolute atomic E-state index is 13.8. The van der Waals surface area contributed by atoms with E-state index in [1.165, 1.54) is 6.33 Å². The van der Waals surface area contributed by atoms with Crippen molar-refractivity contribution in [2.75, 3.05) is 17.3 Å². The Morgan fingerprint density at radius 1 is 1.44 bits per heavy atom. The van der Waals surface area contributed by atoms with E-state index in [1.807, 2.05) is 18.7 Å². The minimum absolute atomic E-state index is 0.187. The van der Waals surface area contributed by atoms with Crippen molar-refractivity contribution in [3.63, 3.8) is 0 Å². The van der Waals surface area contributed by atoms with Crippen LogP contribution in [-0.2, 0) is 0 Å². The Morgan fingerprint density at radius 2 is 2.12 bits per heavy atom. The van der Waals surface area contributed by atoms with E-state index < -0.39 is 0 Å². The van der Waals surface area contributed by atoms with Crippen LogP contribution < -0.4 is 4.90 Å². The molecule has 0 saturated carbocycles. The lowest BCUT2D eigenvalue weighted by Crippen LogP contribution is -2.33. The van der Waals surface area contributed by atoms with Crippen LogP contribution in [0.15, 0.2) is 6.33 Å². The van der Waals surface area contributed by atoms with E-state index in [1.54, 1.807) is 6.92 Å². The Morgan fingerprint density at radius 3 is 2.69 bits per heavy atom. The van der Waals surface area contributed by atoms with Crippen molar-refractivity contribution in [1.29, 1.82) is 0 Å². The first kappa shape index (κ1) is 13.2. The molecular weight excluding hydrogens is 229 g/mol. The Kier molecular flexibility index (Phi) is 4.93. The molecule has 5 heteroatoms. The number of alkyl halides is 1. The van der Waals surface area contributed by atoms with Gasteiger partial charge in [-0.2, -0.15) is 0 Å². The van der Waals surface area contributed by atoms with Crippen LogP contribution in [0.1, 0.15) is 26.0 Å². The number of hydrogen-bond acceptors (Lipinski definition) is 3. The SMILES string of the molecule is Cc1ncnc(N(CCCCl)C(C)C)c1F. The highest BCUT2D eigenvalue weighted by atomic mass is 35.5. The van der Waals surface area contributed by atoms with E-state index >= 15 is 0 Å². The summed E-state index contributed by atoms with van der Waals surface area (Å²) in [5.41, 5.74) is 0.376. The van der Waals surface area contributed by atoms with Gasteiger partial charge in [0.05, 0.1) is 5.69 Å². The third-order valence-corrected chi connectivity index (χ3v) is 2.64. The number of nitrogens with zero attached hydrogens (tertiary/aromatic N) is 3. The predicted octanol–water partition coefficient (Wildman–Crippen LogP) is 2.77.